The monoisotopic (exact) mass is 339 g/mol. The third-order valence-corrected chi connectivity index (χ3v) is 2.21. The SMILES string of the molecule is [N-]=[N+]=Nc1c(F)c(F)c(OCCOCOCC(=O)O)c(F)c1F. The summed E-state index contributed by atoms with van der Waals surface area (Å²) in [7, 11) is 0. The topological polar surface area (TPSA) is 114 Å². The number of azide groups is 1. The largest absolute Gasteiger partial charge is 0.485 e. The van der Waals surface area contributed by atoms with E-state index in [-0.39, 0.29) is 6.61 Å². The molecule has 0 aliphatic rings. The predicted molar refractivity (Wildman–Crippen MR) is 65.0 cm³/mol. The van der Waals surface area contributed by atoms with Crippen molar-refractivity contribution in [3.05, 3.63) is 33.7 Å². The van der Waals surface area contributed by atoms with Gasteiger partial charge in [0.2, 0.25) is 11.6 Å². The third kappa shape index (κ3) is 4.98. The second-order valence-electron chi connectivity index (χ2n) is 3.74. The van der Waals surface area contributed by atoms with Crippen LogP contribution in [0.1, 0.15) is 0 Å². The van der Waals surface area contributed by atoms with Gasteiger partial charge in [-0.25, -0.2) is 13.6 Å². The highest BCUT2D eigenvalue weighted by molar-refractivity contribution is 5.67. The van der Waals surface area contributed by atoms with E-state index in [4.69, 9.17) is 15.4 Å². The quantitative estimate of drug-likeness (QED) is 0.141. The van der Waals surface area contributed by atoms with Gasteiger partial charge in [0.05, 0.1) is 6.61 Å². The van der Waals surface area contributed by atoms with Gasteiger partial charge in [-0.3, -0.25) is 0 Å². The smallest absolute Gasteiger partial charge is 0.329 e. The van der Waals surface area contributed by atoms with Crippen molar-refractivity contribution < 1.29 is 41.7 Å². The maximum Gasteiger partial charge on any atom is 0.329 e. The molecule has 0 aliphatic carbocycles. The number of carboxylic acids is 1. The van der Waals surface area contributed by atoms with Crippen LogP contribution in [0.15, 0.2) is 5.11 Å². The fourth-order valence-corrected chi connectivity index (χ4v) is 1.31. The summed E-state index contributed by atoms with van der Waals surface area (Å²) in [5.74, 6) is -10.1. The van der Waals surface area contributed by atoms with E-state index in [0.29, 0.717) is 0 Å². The molecule has 0 saturated heterocycles. The Bertz CT molecular complexity index is 608. The average molecular weight is 339 g/mol. The normalized spacial score (nSPS) is 10.3. The molecule has 0 saturated carbocycles. The van der Waals surface area contributed by atoms with E-state index in [1.807, 2.05) is 0 Å². The van der Waals surface area contributed by atoms with Gasteiger partial charge >= 0.3 is 5.97 Å². The number of benzene rings is 1. The van der Waals surface area contributed by atoms with Crippen molar-refractivity contribution in [3.63, 3.8) is 0 Å². The van der Waals surface area contributed by atoms with Gasteiger partial charge in [-0.15, -0.1) is 0 Å². The molecule has 1 N–H and O–H groups in total. The highest BCUT2D eigenvalue weighted by Crippen LogP contribution is 2.34. The number of halogens is 4. The number of carboxylic acid groups (broad SMARTS) is 1. The van der Waals surface area contributed by atoms with E-state index in [2.05, 4.69) is 19.5 Å². The maximum absolute atomic E-state index is 13.5. The molecular weight excluding hydrogens is 330 g/mol. The van der Waals surface area contributed by atoms with Crippen molar-refractivity contribution in [2.45, 2.75) is 0 Å². The van der Waals surface area contributed by atoms with Crippen LogP contribution in [0.25, 0.3) is 10.4 Å². The van der Waals surface area contributed by atoms with Gasteiger partial charge in [0.1, 0.15) is 25.7 Å². The third-order valence-electron chi connectivity index (χ3n) is 2.21. The van der Waals surface area contributed by atoms with E-state index in [1.54, 1.807) is 0 Å². The number of nitrogens with zero attached hydrogens (tertiary/aromatic N) is 3. The lowest BCUT2D eigenvalue weighted by molar-refractivity contribution is -0.148. The van der Waals surface area contributed by atoms with Crippen LogP contribution >= 0.6 is 0 Å². The molecule has 0 atom stereocenters. The first kappa shape index (κ1) is 18.5. The molecule has 0 radical (unpaired) electrons. The van der Waals surface area contributed by atoms with Gasteiger partial charge in [-0.2, -0.15) is 8.78 Å². The first-order chi connectivity index (χ1) is 10.9. The molecule has 0 amide bonds. The van der Waals surface area contributed by atoms with Gasteiger partial charge in [-0.1, -0.05) is 5.11 Å². The summed E-state index contributed by atoms with van der Waals surface area (Å²) >= 11 is 0. The van der Waals surface area contributed by atoms with E-state index >= 15 is 0 Å². The molecular formula is C11H9F4N3O5. The molecule has 0 spiro atoms. The maximum atomic E-state index is 13.5. The standard InChI is InChI=1S/C11H9F4N3O5/c12-6-8(14)11(9(15)7(13)10(6)17-18-16)23-2-1-21-4-22-3-5(19)20/h1-4H2,(H,19,20). The molecule has 0 aromatic heterocycles. The van der Waals surface area contributed by atoms with Crippen LogP contribution in [0.3, 0.4) is 0 Å². The Morgan fingerprint density at radius 2 is 1.70 bits per heavy atom. The highest BCUT2D eigenvalue weighted by atomic mass is 19.2. The first-order valence-corrected chi connectivity index (χ1v) is 5.81. The number of ether oxygens (including phenoxy) is 3. The molecule has 12 heteroatoms. The van der Waals surface area contributed by atoms with Crippen LogP contribution in [0, 0.1) is 23.3 Å². The highest BCUT2D eigenvalue weighted by Gasteiger charge is 2.26. The minimum absolute atomic E-state index is 0.306. The minimum atomic E-state index is -1.90. The van der Waals surface area contributed by atoms with E-state index < -0.39 is 60.7 Å². The predicted octanol–water partition coefficient (Wildman–Crippen LogP) is 2.64. The summed E-state index contributed by atoms with van der Waals surface area (Å²) in [6, 6.07) is 0. The molecule has 0 heterocycles. The van der Waals surface area contributed by atoms with Gasteiger partial charge in [0.25, 0.3) is 0 Å². The van der Waals surface area contributed by atoms with Gasteiger partial charge < -0.3 is 19.3 Å². The summed E-state index contributed by atoms with van der Waals surface area (Å²) in [6.45, 7) is -1.86. The molecule has 1 aromatic carbocycles. The lowest BCUT2D eigenvalue weighted by Gasteiger charge is -2.11. The van der Waals surface area contributed by atoms with Gasteiger partial charge in [0, 0.05) is 4.91 Å². The van der Waals surface area contributed by atoms with E-state index in [9.17, 15) is 22.4 Å². The van der Waals surface area contributed by atoms with Crippen molar-refractivity contribution in [3.8, 4) is 5.75 Å². The Balaban J connectivity index is 2.64. The fourth-order valence-electron chi connectivity index (χ4n) is 1.31. The Morgan fingerprint density at radius 3 is 2.22 bits per heavy atom. The Hall–Kier alpha value is -2.56. The van der Waals surface area contributed by atoms with Gasteiger partial charge in [-0.05, 0) is 5.53 Å². The molecule has 0 aliphatic heterocycles. The van der Waals surface area contributed by atoms with Gasteiger partial charge in [0.15, 0.2) is 17.4 Å². The minimum Gasteiger partial charge on any atom is -0.485 e. The Kier molecular flexibility index (Phi) is 7.06. The molecule has 0 bridgehead atoms. The van der Waals surface area contributed by atoms with Crippen LogP contribution in [0.4, 0.5) is 23.2 Å². The van der Waals surface area contributed by atoms with Crippen LogP contribution in [-0.4, -0.2) is 37.7 Å². The molecule has 1 aromatic rings. The second kappa shape index (κ2) is 8.78. The first-order valence-electron chi connectivity index (χ1n) is 5.81. The molecule has 0 fully saturated rings. The fraction of sp³-hybridized carbons (Fsp3) is 0.364. The van der Waals surface area contributed by atoms with Crippen LogP contribution < -0.4 is 4.74 Å². The number of hydrogen-bond donors (Lipinski definition) is 1. The Morgan fingerprint density at radius 1 is 1.09 bits per heavy atom. The number of carbonyl (C=O) groups is 1. The van der Waals surface area contributed by atoms with Crippen molar-refractivity contribution >= 4 is 11.7 Å². The zero-order valence-corrected chi connectivity index (χ0v) is 11.3. The second-order valence-corrected chi connectivity index (χ2v) is 3.74. The number of aliphatic carboxylic acids is 1. The summed E-state index contributed by atoms with van der Waals surface area (Å²) < 4.78 is 67.6. The molecule has 8 nitrogen and oxygen atoms in total. The lowest BCUT2D eigenvalue weighted by Crippen LogP contribution is -2.14. The summed E-state index contributed by atoms with van der Waals surface area (Å²) in [5.41, 5.74) is 6.63. The zero-order chi connectivity index (χ0) is 17.4. The zero-order valence-electron chi connectivity index (χ0n) is 11.3. The average Bonchev–Trinajstić information content (AvgIpc) is 2.51. The van der Waals surface area contributed by atoms with Crippen molar-refractivity contribution in [1.29, 1.82) is 0 Å². The van der Waals surface area contributed by atoms with Crippen molar-refractivity contribution in [2.75, 3.05) is 26.6 Å². The molecule has 23 heavy (non-hydrogen) atoms. The van der Waals surface area contributed by atoms with Crippen LogP contribution in [0.5, 0.6) is 5.75 Å². The van der Waals surface area contributed by atoms with Crippen LogP contribution in [-0.2, 0) is 14.3 Å². The number of hydrogen-bond acceptors (Lipinski definition) is 5. The molecule has 1 rings (SSSR count). The summed E-state index contributed by atoms with van der Waals surface area (Å²) in [5, 5.41) is 10.8. The van der Waals surface area contributed by atoms with E-state index in [1.165, 1.54) is 0 Å². The molecule has 126 valence electrons. The Labute approximate surface area is 125 Å². The lowest BCUT2D eigenvalue weighted by atomic mass is 10.2. The summed E-state index contributed by atoms with van der Waals surface area (Å²) in [6.07, 6.45) is 0. The number of rotatable bonds is 9. The van der Waals surface area contributed by atoms with Crippen molar-refractivity contribution in [1.82, 2.24) is 0 Å². The van der Waals surface area contributed by atoms with E-state index in [0.717, 1.165) is 0 Å². The summed E-state index contributed by atoms with van der Waals surface area (Å²) in [4.78, 5) is 12.1. The van der Waals surface area contributed by atoms with Crippen molar-refractivity contribution in [2.24, 2.45) is 5.11 Å². The van der Waals surface area contributed by atoms with Crippen LogP contribution in [0.2, 0.25) is 0 Å². The molecule has 0 unspecified atom stereocenters.